The van der Waals surface area contributed by atoms with Gasteiger partial charge in [-0.1, -0.05) is 5.16 Å². The van der Waals surface area contributed by atoms with Crippen molar-refractivity contribution >= 4 is 11.8 Å². The first kappa shape index (κ1) is 10.7. The molecule has 1 saturated heterocycles. The van der Waals surface area contributed by atoms with Crippen molar-refractivity contribution in [1.29, 1.82) is 0 Å². The van der Waals surface area contributed by atoms with Gasteiger partial charge < -0.3 is 14.7 Å². The molecule has 1 aromatic rings. The van der Waals surface area contributed by atoms with E-state index in [9.17, 15) is 9.59 Å². The third kappa shape index (κ3) is 2.05. The molecule has 0 bridgehead atoms. The lowest BCUT2D eigenvalue weighted by molar-refractivity contribution is -0.144. The van der Waals surface area contributed by atoms with Gasteiger partial charge in [-0.2, -0.15) is 0 Å². The van der Waals surface area contributed by atoms with Gasteiger partial charge in [-0.15, -0.1) is 0 Å². The molecule has 0 aliphatic carbocycles. The first-order valence-electron chi connectivity index (χ1n) is 5.06. The van der Waals surface area contributed by atoms with Crippen LogP contribution in [0, 0.1) is 6.92 Å². The maximum absolute atomic E-state index is 11.7. The van der Waals surface area contributed by atoms with Gasteiger partial charge in [0.2, 0.25) is 11.8 Å². The van der Waals surface area contributed by atoms with Crippen molar-refractivity contribution < 1.29 is 14.1 Å². The minimum atomic E-state index is -0.464. The fourth-order valence-electron chi connectivity index (χ4n) is 1.70. The highest BCUT2D eigenvalue weighted by molar-refractivity contribution is 5.94. The van der Waals surface area contributed by atoms with E-state index in [2.05, 4.69) is 10.5 Å². The van der Waals surface area contributed by atoms with Gasteiger partial charge in [0.05, 0.1) is 6.54 Å². The first-order valence-corrected chi connectivity index (χ1v) is 5.06. The van der Waals surface area contributed by atoms with Gasteiger partial charge in [0.15, 0.2) is 0 Å². The van der Waals surface area contributed by atoms with E-state index >= 15 is 0 Å². The molecule has 1 aliphatic heterocycles. The lowest BCUT2D eigenvalue weighted by atomic mass is 10.2. The van der Waals surface area contributed by atoms with Crippen LogP contribution < -0.4 is 5.32 Å². The van der Waals surface area contributed by atoms with Crippen LogP contribution >= 0.6 is 0 Å². The summed E-state index contributed by atoms with van der Waals surface area (Å²) in [7, 11) is 0. The van der Waals surface area contributed by atoms with Gasteiger partial charge >= 0.3 is 0 Å². The minimum Gasteiger partial charge on any atom is -0.361 e. The van der Waals surface area contributed by atoms with Crippen LogP contribution in [0.3, 0.4) is 0 Å². The monoisotopic (exact) mass is 223 g/mol. The van der Waals surface area contributed by atoms with E-state index in [0.29, 0.717) is 18.0 Å². The summed E-state index contributed by atoms with van der Waals surface area (Å²) in [6.45, 7) is 3.84. The molecule has 0 spiro atoms. The summed E-state index contributed by atoms with van der Waals surface area (Å²) in [4.78, 5) is 24.5. The Balaban J connectivity index is 2.08. The van der Waals surface area contributed by atoms with Crippen LogP contribution in [-0.4, -0.2) is 34.5 Å². The molecule has 2 rings (SSSR count). The SMILES string of the molecule is Cc1cc(CN2CC(=O)NC(C)C2=O)no1. The van der Waals surface area contributed by atoms with E-state index in [1.807, 2.05) is 0 Å². The number of amides is 2. The molecule has 16 heavy (non-hydrogen) atoms. The average Bonchev–Trinajstić information content (AvgIpc) is 2.60. The molecule has 1 aromatic heterocycles. The predicted octanol–water partition coefficient (Wildman–Crippen LogP) is -0.170. The number of nitrogens with one attached hydrogen (secondary N) is 1. The van der Waals surface area contributed by atoms with Crippen molar-refractivity contribution in [3.63, 3.8) is 0 Å². The molecule has 6 nitrogen and oxygen atoms in total. The molecule has 2 amide bonds. The number of hydrogen-bond acceptors (Lipinski definition) is 4. The van der Waals surface area contributed by atoms with E-state index in [4.69, 9.17) is 4.52 Å². The zero-order valence-corrected chi connectivity index (χ0v) is 9.19. The fourth-order valence-corrected chi connectivity index (χ4v) is 1.70. The predicted molar refractivity (Wildman–Crippen MR) is 54.3 cm³/mol. The third-order valence-corrected chi connectivity index (χ3v) is 2.42. The van der Waals surface area contributed by atoms with Gasteiger partial charge in [-0.25, -0.2) is 0 Å². The van der Waals surface area contributed by atoms with Crippen LogP contribution in [0.2, 0.25) is 0 Å². The van der Waals surface area contributed by atoms with E-state index in [1.165, 1.54) is 4.90 Å². The van der Waals surface area contributed by atoms with Crippen LogP contribution in [0.5, 0.6) is 0 Å². The van der Waals surface area contributed by atoms with Gasteiger partial charge in [0.25, 0.3) is 0 Å². The number of carbonyl (C=O) groups excluding carboxylic acids is 2. The Kier molecular flexibility index (Phi) is 2.64. The summed E-state index contributed by atoms with van der Waals surface area (Å²) in [5, 5.41) is 6.37. The molecule has 1 fully saturated rings. The molecule has 0 aromatic carbocycles. The summed E-state index contributed by atoms with van der Waals surface area (Å²) in [5.41, 5.74) is 0.660. The highest BCUT2D eigenvalue weighted by Gasteiger charge is 2.29. The number of rotatable bonds is 2. The van der Waals surface area contributed by atoms with Gasteiger partial charge in [0, 0.05) is 6.07 Å². The quantitative estimate of drug-likeness (QED) is 0.755. The summed E-state index contributed by atoms with van der Waals surface area (Å²) >= 11 is 0. The van der Waals surface area contributed by atoms with Crippen molar-refractivity contribution in [3.8, 4) is 0 Å². The number of piperazine rings is 1. The van der Waals surface area contributed by atoms with Crippen molar-refractivity contribution in [2.24, 2.45) is 0 Å². The second-order valence-corrected chi connectivity index (χ2v) is 3.91. The third-order valence-electron chi connectivity index (χ3n) is 2.42. The molecular weight excluding hydrogens is 210 g/mol. The first-order chi connectivity index (χ1) is 7.56. The Morgan fingerprint density at radius 3 is 3.00 bits per heavy atom. The van der Waals surface area contributed by atoms with E-state index in [0.717, 1.165) is 0 Å². The standard InChI is InChI=1S/C10H13N3O3/c1-6-3-8(12-16-6)4-13-5-9(14)11-7(2)10(13)15/h3,7H,4-5H2,1-2H3,(H,11,14). The average molecular weight is 223 g/mol. The molecule has 2 heterocycles. The molecule has 86 valence electrons. The lowest BCUT2D eigenvalue weighted by Crippen LogP contribution is -2.56. The van der Waals surface area contributed by atoms with Crippen molar-refractivity contribution in [3.05, 3.63) is 17.5 Å². The van der Waals surface area contributed by atoms with Crippen molar-refractivity contribution in [1.82, 2.24) is 15.4 Å². The van der Waals surface area contributed by atoms with Crippen LogP contribution in [0.25, 0.3) is 0 Å². The maximum atomic E-state index is 11.7. The number of aromatic nitrogens is 1. The van der Waals surface area contributed by atoms with E-state index in [1.54, 1.807) is 19.9 Å². The Morgan fingerprint density at radius 1 is 1.62 bits per heavy atom. The molecule has 1 N–H and O–H groups in total. The lowest BCUT2D eigenvalue weighted by Gasteiger charge is -2.29. The molecule has 0 saturated carbocycles. The largest absolute Gasteiger partial charge is 0.361 e. The molecule has 1 atom stereocenters. The summed E-state index contributed by atoms with van der Waals surface area (Å²) < 4.78 is 4.91. The topological polar surface area (TPSA) is 75.4 Å². The Morgan fingerprint density at radius 2 is 2.38 bits per heavy atom. The van der Waals surface area contributed by atoms with E-state index < -0.39 is 6.04 Å². The highest BCUT2D eigenvalue weighted by atomic mass is 16.5. The van der Waals surface area contributed by atoms with Crippen LogP contribution in [0.4, 0.5) is 0 Å². The van der Waals surface area contributed by atoms with Crippen molar-refractivity contribution in [2.75, 3.05) is 6.54 Å². The summed E-state index contributed by atoms with van der Waals surface area (Å²) in [5.74, 6) is 0.449. The van der Waals surface area contributed by atoms with Crippen LogP contribution in [0.1, 0.15) is 18.4 Å². The zero-order valence-electron chi connectivity index (χ0n) is 9.19. The Hall–Kier alpha value is -1.85. The smallest absolute Gasteiger partial charge is 0.245 e. The highest BCUT2D eigenvalue weighted by Crippen LogP contribution is 2.09. The number of carbonyl (C=O) groups is 2. The molecule has 1 aliphatic rings. The molecular formula is C10H13N3O3. The molecule has 0 radical (unpaired) electrons. The summed E-state index contributed by atoms with van der Waals surface area (Å²) in [6, 6.07) is 1.29. The Labute approximate surface area is 92.6 Å². The van der Waals surface area contributed by atoms with Crippen LogP contribution in [0.15, 0.2) is 10.6 Å². The van der Waals surface area contributed by atoms with Gasteiger partial charge in [0.1, 0.15) is 24.0 Å². The van der Waals surface area contributed by atoms with Gasteiger partial charge in [-0.05, 0) is 13.8 Å². The number of hydrogen-bond donors (Lipinski definition) is 1. The fraction of sp³-hybridized carbons (Fsp3) is 0.500. The number of aryl methyl sites for hydroxylation is 1. The van der Waals surface area contributed by atoms with Crippen molar-refractivity contribution in [2.45, 2.75) is 26.4 Å². The molecule has 1 unspecified atom stereocenters. The summed E-state index contributed by atoms with van der Waals surface area (Å²) in [6.07, 6.45) is 0. The van der Waals surface area contributed by atoms with Crippen LogP contribution in [-0.2, 0) is 16.1 Å². The second kappa shape index (κ2) is 3.96. The van der Waals surface area contributed by atoms with E-state index in [-0.39, 0.29) is 18.4 Å². The normalized spacial score (nSPS) is 21.1. The zero-order chi connectivity index (χ0) is 11.7. The van der Waals surface area contributed by atoms with Gasteiger partial charge in [-0.3, -0.25) is 9.59 Å². The molecule has 6 heteroatoms. The minimum absolute atomic E-state index is 0.0785. The second-order valence-electron chi connectivity index (χ2n) is 3.91. The Bertz CT molecular complexity index is 427. The maximum Gasteiger partial charge on any atom is 0.245 e. The number of nitrogens with zero attached hydrogens (tertiary/aromatic N) is 2.